The maximum Gasteiger partial charge on any atom is 0.417 e. The molecule has 0 bridgehead atoms. The molecule has 1 aromatic carbocycles. The molecule has 1 aliphatic rings. The SMILES string of the molecule is COc1ccc2c(c1)CCCN2C(=O)CSc1ccc(C(F)(F)F)cn1. The Morgan fingerprint density at radius 3 is 2.77 bits per heavy atom. The molecule has 0 aliphatic carbocycles. The lowest BCUT2D eigenvalue weighted by molar-refractivity contribution is -0.137. The third-order valence-electron chi connectivity index (χ3n) is 4.11. The van der Waals surface area contributed by atoms with Gasteiger partial charge in [-0.2, -0.15) is 13.2 Å². The van der Waals surface area contributed by atoms with Crippen LogP contribution in [0.15, 0.2) is 41.6 Å². The van der Waals surface area contributed by atoms with Gasteiger partial charge in [-0.15, -0.1) is 0 Å². The Morgan fingerprint density at radius 2 is 2.12 bits per heavy atom. The van der Waals surface area contributed by atoms with E-state index in [0.29, 0.717) is 11.6 Å². The van der Waals surface area contributed by atoms with E-state index in [1.165, 1.54) is 6.07 Å². The quantitative estimate of drug-likeness (QED) is 0.744. The molecule has 1 aromatic heterocycles. The summed E-state index contributed by atoms with van der Waals surface area (Å²) in [5.74, 6) is 0.772. The molecule has 3 rings (SSSR count). The van der Waals surface area contributed by atoms with E-state index >= 15 is 0 Å². The van der Waals surface area contributed by atoms with Crippen LogP contribution in [-0.2, 0) is 17.4 Å². The second kappa shape index (κ2) is 7.57. The van der Waals surface area contributed by atoms with Gasteiger partial charge in [0, 0.05) is 18.4 Å². The number of ether oxygens (including phenoxy) is 1. The molecule has 1 aliphatic heterocycles. The number of nitrogens with zero attached hydrogens (tertiary/aromatic N) is 2. The van der Waals surface area contributed by atoms with Gasteiger partial charge in [0.15, 0.2) is 0 Å². The number of methoxy groups -OCH3 is 1. The van der Waals surface area contributed by atoms with Crippen LogP contribution in [0.2, 0.25) is 0 Å². The van der Waals surface area contributed by atoms with Crippen molar-refractivity contribution in [3.63, 3.8) is 0 Å². The van der Waals surface area contributed by atoms with Crippen molar-refractivity contribution in [2.24, 2.45) is 0 Å². The third kappa shape index (κ3) is 4.12. The summed E-state index contributed by atoms with van der Waals surface area (Å²) in [7, 11) is 1.60. The van der Waals surface area contributed by atoms with Gasteiger partial charge in [-0.25, -0.2) is 4.98 Å². The van der Waals surface area contributed by atoms with E-state index in [0.717, 1.165) is 53.9 Å². The number of rotatable bonds is 4. The van der Waals surface area contributed by atoms with Crippen molar-refractivity contribution in [1.82, 2.24) is 4.98 Å². The molecular weight excluding hydrogens is 365 g/mol. The van der Waals surface area contributed by atoms with Crippen LogP contribution in [0.1, 0.15) is 17.5 Å². The number of aromatic nitrogens is 1. The average Bonchev–Trinajstić information content (AvgIpc) is 2.64. The number of anilines is 1. The van der Waals surface area contributed by atoms with Crippen LogP contribution in [0, 0.1) is 0 Å². The smallest absolute Gasteiger partial charge is 0.417 e. The fourth-order valence-electron chi connectivity index (χ4n) is 2.81. The molecule has 0 N–H and O–H groups in total. The van der Waals surface area contributed by atoms with E-state index in [-0.39, 0.29) is 11.7 Å². The maximum atomic E-state index is 12.6. The highest BCUT2D eigenvalue weighted by atomic mass is 32.2. The lowest BCUT2D eigenvalue weighted by atomic mass is 10.0. The molecule has 2 heterocycles. The molecule has 0 spiro atoms. The summed E-state index contributed by atoms with van der Waals surface area (Å²) in [6, 6.07) is 7.87. The largest absolute Gasteiger partial charge is 0.497 e. The Kier molecular flexibility index (Phi) is 5.41. The number of thioether (sulfide) groups is 1. The highest BCUT2D eigenvalue weighted by Gasteiger charge is 2.30. The number of amides is 1. The lowest BCUT2D eigenvalue weighted by Crippen LogP contribution is -2.36. The summed E-state index contributed by atoms with van der Waals surface area (Å²) in [6.45, 7) is 0.624. The molecule has 0 radical (unpaired) electrons. The van der Waals surface area contributed by atoms with Crippen molar-refractivity contribution in [2.75, 3.05) is 24.3 Å². The molecule has 0 atom stereocenters. The van der Waals surface area contributed by atoms with Gasteiger partial charge >= 0.3 is 6.18 Å². The van der Waals surface area contributed by atoms with Gasteiger partial charge < -0.3 is 9.64 Å². The van der Waals surface area contributed by atoms with Crippen LogP contribution >= 0.6 is 11.8 Å². The minimum Gasteiger partial charge on any atom is -0.497 e. The van der Waals surface area contributed by atoms with Crippen LogP contribution < -0.4 is 9.64 Å². The van der Waals surface area contributed by atoms with E-state index in [9.17, 15) is 18.0 Å². The zero-order valence-electron chi connectivity index (χ0n) is 14.0. The van der Waals surface area contributed by atoms with E-state index in [2.05, 4.69) is 4.98 Å². The molecule has 1 amide bonds. The number of halogens is 3. The van der Waals surface area contributed by atoms with Crippen molar-refractivity contribution >= 4 is 23.4 Å². The number of benzene rings is 1. The van der Waals surface area contributed by atoms with E-state index in [1.807, 2.05) is 18.2 Å². The summed E-state index contributed by atoms with van der Waals surface area (Å²) in [6.07, 6.45) is -1.89. The van der Waals surface area contributed by atoms with Crippen LogP contribution in [-0.4, -0.2) is 30.3 Å². The highest BCUT2D eigenvalue weighted by molar-refractivity contribution is 7.99. The Labute approximate surface area is 153 Å². The van der Waals surface area contributed by atoms with Gasteiger partial charge in [-0.05, 0) is 48.7 Å². The fourth-order valence-corrected chi connectivity index (χ4v) is 3.53. The molecular formula is C18H17F3N2O2S. The van der Waals surface area contributed by atoms with Crippen LogP contribution in [0.5, 0.6) is 5.75 Å². The van der Waals surface area contributed by atoms with Gasteiger partial charge in [0.1, 0.15) is 5.75 Å². The minimum atomic E-state index is -4.41. The second-order valence-corrected chi connectivity index (χ2v) is 6.81. The average molecular weight is 382 g/mol. The van der Waals surface area contributed by atoms with Crippen molar-refractivity contribution in [2.45, 2.75) is 24.0 Å². The fraction of sp³-hybridized carbons (Fsp3) is 0.333. The summed E-state index contributed by atoms with van der Waals surface area (Å²) in [5.41, 5.74) is 1.12. The summed E-state index contributed by atoms with van der Waals surface area (Å²) in [5, 5.41) is 0.387. The molecule has 8 heteroatoms. The van der Waals surface area contributed by atoms with Gasteiger partial charge in [0.05, 0.1) is 23.5 Å². The number of aryl methyl sites for hydroxylation is 1. The predicted molar refractivity (Wildman–Crippen MR) is 93.6 cm³/mol. The molecule has 2 aromatic rings. The Bertz CT molecular complexity index is 794. The van der Waals surface area contributed by atoms with E-state index < -0.39 is 11.7 Å². The first kappa shape index (κ1) is 18.6. The summed E-state index contributed by atoms with van der Waals surface area (Å²) < 4.78 is 42.9. The van der Waals surface area contributed by atoms with Crippen LogP contribution in [0.3, 0.4) is 0 Å². The van der Waals surface area contributed by atoms with Gasteiger partial charge in [0.2, 0.25) is 5.91 Å². The lowest BCUT2D eigenvalue weighted by Gasteiger charge is -2.29. The number of carbonyl (C=O) groups excluding carboxylic acids is 1. The number of carbonyl (C=O) groups is 1. The second-order valence-electron chi connectivity index (χ2n) is 5.82. The molecule has 0 fully saturated rings. The van der Waals surface area contributed by atoms with Crippen LogP contribution in [0.4, 0.5) is 18.9 Å². The number of fused-ring (bicyclic) bond motifs is 1. The molecule has 4 nitrogen and oxygen atoms in total. The zero-order valence-corrected chi connectivity index (χ0v) is 14.9. The molecule has 0 saturated carbocycles. The Morgan fingerprint density at radius 1 is 1.31 bits per heavy atom. The number of pyridine rings is 1. The number of alkyl halides is 3. The van der Waals surface area contributed by atoms with Crippen LogP contribution in [0.25, 0.3) is 0 Å². The summed E-state index contributed by atoms with van der Waals surface area (Å²) in [4.78, 5) is 18.1. The first-order chi connectivity index (χ1) is 12.4. The van der Waals surface area contributed by atoms with Gasteiger partial charge in [-0.3, -0.25) is 4.79 Å². The standard InChI is InChI=1S/C18H17F3N2O2S/c1-25-14-5-6-15-12(9-14)3-2-8-23(15)17(24)11-26-16-7-4-13(10-22-16)18(19,20)21/h4-7,9-10H,2-3,8,11H2,1H3. The first-order valence-corrected chi connectivity index (χ1v) is 9.00. The predicted octanol–water partition coefficient (Wildman–Crippen LogP) is 4.18. The monoisotopic (exact) mass is 382 g/mol. The minimum absolute atomic E-state index is 0.0946. The van der Waals surface area contributed by atoms with Gasteiger partial charge in [-0.1, -0.05) is 11.8 Å². The molecule has 0 saturated heterocycles. The normalized spacial score (nSPS) is 14.1. The van der Waals surface area contributed by atoms with Crippen molar-refractivity contribution in [3.8, 4) is 5.75 Å². The van der Waals surface area contributed by atoms with Gasteiger partial charge in [0.25, 0.3) is 0 Å². The van der Waals surface area contributed by atoms with Crippen molar-refractivity contribution < 1.29 is 22.7 Å². The molecule has 138 valence electrons. The maximum absolute atomic E-state index is 12.6. The van der Waals surface area contributed by atoms with E-state index in [4.69, 9.17) is 4.74 Å². The number of hydrogen-bond donors (Lipinski definition) is 0. The van der Waals surface area contributed by atoms with Crippen molar-refractivity contribution in [1.29, 1.82) is 0 Å². The third-order valence-corrected chi connectivity index (χ3v) is 5.04. The van der Waals surface area contributed by atoms with Crippen molar-refractivity contribution in [3.05, 3.63) is 47.7 Å². The number of hydrogen-bond acceptors (Lipinski definition) is 4. The Hall–Kier alpha value is -2.22. The topological polar surface area (TPSA) is 42.4 Å². The molecule has 26 heavy (non-hydrogen) atoms. The first-order valence-electron chi connectivity index (χ1n) is 8.02. The zero-order chi connectivity index (χ0) is 18.7. The summed E-state index contributed by atoms with van der Waals surface area (Å²) >= 11 is 1.13. The Balaban J connectivity index is 1.66. The van der Waals surface area contributed by atoms with E-state index in [1.54, 1.807) is 12.0 Å². The highest BCUT2D eigenvalue weighted by Crippen LogP contribution is 2.32. The molecule has 0 unspecified atom stereocenters.